The molecule has 0 aromatic carbocycles. The number of aliphatic hydroxyl groups is 2. The molecule has 0 aromatic rings. The third-order valence-corrected chi connectivity index (χ3v) is 3.91. The molecule has 88 valence electrons. The first-order valence-corrected chi connectivity index (χ1v) is 6.27. The van der Waals surface area contributed by atoms with E-state index in [1.807, 2.05) is 0 Å². The van der Waals surface area contributed by atoms with Crippen molar-refractivity contribution < 1.29 is 10.2 Å². The fourth-order valence-electron chi connectivity index (χ4n) is 3.05. The highest BCUT2D eigenvalue weighted by Gasteiger charge is 2.34. The van der Waals surface area contributed by atoms with Gasteiger partial charge in [0.25, 0.3) is 0 Å². The zero-order valence-electron chi connectivity index (χ0n) is 9.49. The lowest BCUT2D eigenvalue weighted by atomic mass is 9.95. The Kier molecular flexibility index (Phi) is 3.65. The molecule has 1 aliphatic carbocycles. The molecule has 0 aromatic heterocycles. The van der Waals surface area contributed by atoms with E-state index >= 15 is 0 Å². The van der Waals surface area contributed by atoms with Gasteiger partial charge in [-0.1, -0.05) is 12.8 Å². The van der Waals surface area contributed by atoms with Crippen molar-refractivity contribution >= 4 is 0 Å². The molecule has 1 heterocycles. The van der Waals surface area contributed by atoms with E-state index in [0.29, 0.717) is 12.5 Å². The van der Waals surface area contributed by atoms with E-state index in [4.69, 9.17) is 5.11 Å². The number of β-amino-alcohol motifs (C(OH)–C–C–N with tert-alkyl or cyclic N) is 1. The molecule has 0 amide bonds. The minimum atomic E-state index is -0.419. The molecule has 15 heavy (non-hydrogen) atoms. The maximum Gasteiger partial charge on any atom is 0.0774 e. The van der Waals surface area contributed by atoms with Crippen LogP contribution >= 0.6 is 0 Å². The van der Waals surface area contributed by atoms with Gasteiger partial charge in [-0.25, -0.2) is 0 Å². The highest BCUT2D eigenvalue weighted by Crippen LogP contribution is 2.31. The van der Waals surface area contributed by atoms with Crippen LogP contribution in [-0.2, 0) is 0 Å². The number of hydrogen-bond acceptors (Lipinski definition) is 3. The zero-order valence-corrected chi connectivity index (χ0v) is 9.49. The molecule has 2 aliphatic rings. The van der Waals surface area contributed by atoms with Crippen LogP contribution in [0.3, 0.4) is 0 Å². The summed E-state index contributed by atoms with van der Waals surface area (Å²) in [6, 6.07) is 0. The van der Waals surface area contributed by atoms with E-state index in [0.717, 1.165) is 38.9 Å². The van der Waals surface area contributed by atoms with E-state index in [2.05, 4.69) is 4.90 Å². The highest BCUT2D eigenvalue weighted by atomic mass is 16.3. The molecule has 1 saturated heterocycles. The van der Waals surface area contributed by atoms with Crippen LogP contribution in [0.15, 0.2) is 0 Å². The maximum atomic E-state index is 10.3. The molecule has 1 atom stereocenters. The molecule has 0 radical (unpaired) electrons. The Labute approximate surface area is 92.1 Å². The summed E-state index contributed by atoms with van der Waals surface area (Å²) in [4.78, 5) is 2.34. The average molecular weight is 213 g/mol. The van der Waals surface area contributed by atoms with Crippen molar-refractivity contribution in [2.24, 2.45) is 5.92 Å². The monoisotopic (exact) mass is 213 g/mol. The van der Waals surface area contributed by atoms with Gasteiger partial charge < -0.3 is 15.1 Å². The Bertz CT molecular complexity index is 202. The number of piperidine rings is 1. The summed E-state index contributed by atoms with van der Waals surface area (Å²) in [7, 11) is 0. The van der Waals surface area contributed by atoms with Crippen molar-refractivity contribution in [1.29, 1.82) is 0 Å². The first kappa shape index (κ1) is 11.4. The normalized spacial score (nSPS) is 32.0. The lowest BCUT2D eigenvalue weighted by molar-refractivity contribution is -0.00651. The van der Waals surface area contributed by atoms with Gasteiger partial charge in [0.1, 0.15) is 0 Å². The molecule has 3 nitrogen and oxygen atoms in total. The van der Waals surface area contributed by atoms with Crippen molar-refractivity contribution in [3.63, 3.8) is 0 Å². The molecule has 3 heteroatoms. The van der Waals surface area contributed by atoms with Gasteiger partial charge in [0.2, 0.25) is 0 Å². The Morgan fingerprint density at radius 3 is 2.60 bits per heavy atom. The fourth-order valence-corrected chi connectivity index (χ4v) is 3.05. The third-order valence-electron chi connectivity index (χ3n) is 3.91. The molecule has 0 spiro atoms. The van der Waals surface area contributed by atoms with Gasteiger partial charge in [0.15, 0.2) is 0 Å². The van der Waals surface area contributed by atoms with Crippen LogP contribution in [0, 0.1) is 5.92 Å². The van der Waals surface area contributed by atoms with Crippen LogP contribution < -0.4 is 0 Å². The largest absolute Gasteiger partial charge is 0.396 e. The van der Waals surface area contributed by atoms with Gasteiger partial charge in [-0.2, -0.15) is 0 Å². The number of nitrogens with zero attached hydrogens (tertiary/aromatic N) is 1. The maximum absolute atomic E-state index is 10.3. The lowest BCUT2D eigenvalue weighted by Gasteiger charge is -2.36. The molecule has 2 N–H and O–H groups in total. The minimum Gasteiger partial charge on any atom is -0.396 e. The van der Waals surface area contributed by atoms with Crippen molar-refractivity contribution in [1.82, 2.24) is 4.90 Å². The molecule has 1 saturated carbocycles. The summed E-state index contributed by atoms with van der Waals surface area (Å²) in [5.41, 5.74) is -0.419. The molecule has 0 bridgehead atoms. The van der Waals surface area contributed by atoms with Gasteiger partial charge in [0.05, 0.1) is 5.60 Å². The molecular formula is C12H23NO2. The van der Waals surface area contributed by atoms with Crippen LogP contribution in [0.4, 0.5) is 0 Å². The standard InChI is InChI=1S/C12H23NO2/c14-9-11-4-3-7-13(8-11)10-12(15)5-1-2-6-12/h11,14-15H,1-10H2. The molecule has 1 aliphatic heterocycles. The Morgan fingerprint density at radius 2 is 1.93 bits per heavy atom. The Balaban J connectivity index is 1.83. The summed E-state index contributed by atoms with van der Waals surface area (Å²) in [6.07, 6.45) is 6.59. The summed E-state index contributed by atoms with van der Waals surface area (Å²) in [6.45, 7) is 3.19. The SMILES string of the molecule is OCC1CCCN(CC2(O)CCCC2)C1. The van der Waals surface area contributed by atoms with E-state index in [9.17, 15) is 5.11 Å². The number of aliphatic hydroxyl groups excluding tert-OH is 1. The van der Waals surface area contributed by atoms with Crippen LogP contribution in [0.5, 0.6) is 0 Å². The number of likely N-dealkylation sites (tertiary alicyclic amines) is 1. The first-order chi connectivity index (χ1) is 7.22. The fraction of sp³-hybridized carbons (Fsp3) is 1.00. The second-order valence-corrected chi connectivity index (χ2v) is 5.36. The van der Waals surface area contributed by atoms with Crippen LogP contribution in [0.1, 0.15) is 38.5 Å². The van der Waals surface area contributed by atoms with E-state index in [-0.39, 0.29) is 0 Å². The Morgan fingerprint density at radius 1 is 1.20 bits per heavy atom. The van der Waals surface area contributed by atoms with E-state index in [1.54, 1.807) is 0 Å². The molecule has 1 unspecified atom stereocenters. The van der Waals surface area contributed by atoms with Gasteiger partial charge in [-0.05, 0) is 38.1 Å². The second kappa shape index (κ2) is 4.81. The van der Waals surface area contributed by atoms with Crippen LogP contribution in [0.2, 0.25) is 0 Å². The van der Waals surface area contributed by atoms with Crippen LogP contribution in [-0.4, -0.2) is 47.0 Å². The van der Waals surface area contributed by atoms with Crippen molar-refractivity contribution in [2.75, 3.05) is 26.2 Å². The van der Waals surface area contributed by atoms with Crippen molar-refractivity contribution in [3.8, 4) is 0 Å². The minimum absolute atomic E-state index is 0.301. The second-order valence-electron chi connectivity index (χ2n) is 5.36. The summed E-state index contributed by atoms with van der Waals surface area (Å²) >= 11 is 0. The zero-order chi connectivity index (χ0) is 10.7. The number of rotatable bonds is 3. The van der Waals surface area contributed by atoms with Crippen LogP contribution in [0.25, 0.3) is 0 Å². The summed E-state index contributed by atoms with van der Waals surface area (Å²) in [5.74, 6) is 0.434. The molecular weight excluding hydrogens is 190 g/mol. The summed E-state index contributed by atoms with van der Waals surface area (Å²) in [5, 5.41) is 19.4. The molecule has 2 fully saturated rings. The van der Waals surface area contributed by atoms with Crippen molar-refractivity contribution in [3.05, 3.63) is 0 Å². The predicted octanol–water partition coefficient (Wildman–Crippen LogP) is 0.996. The topological polar surface area (TPSA) is 43.7 Å². The molecule has 2 rings (SSSR count). The van der Waals surface area contributed by atoms with Gasteiger partial charge >= 0.3 is 0 Å². The van der Waals surface area contributed by atoms with Crippen molar-refractivity contribution in [2.45, 2.75) is 44.1 Å². The average Bonchev–Trinajstić information content (AvgIpc) is 2.65. The third kappa shape index (κ3) is 2.92. The van der Waals surface area contributed by atoms with Gasteiger partial charge in [0, 0.05) is 19.7 Å². The summed E-state index contributed by atoms with van der Waals surface area (Å²) < 4.78 is 0. The Hall–Kier alpha value is -0.120. The first-order valence-electron chi connectivity index (χ1n) is 6.27. The van der Waals surface area contributed by atoms with Gasteiger partial charge in [-0.15, -0.1) is 0 Å². The smallest absolute Gasteiger partial charge is 0.0774 e. The highest BCUT2D eigenvalue weighted by molar-refractivity contribution is 4.88. The number of hydrogen-bond donors (Lipinski definition) is 2. The van der Waals surface area contributed by atoms with E-state index < -0.39 is 5.60 Å². The van der Waals surface area contributed by atoms with Gasteiger partial charge in [-0.3, -0.25) is 0 Å². The quantitative estimate of drug-likeness (QED) is 0.735. The van der Waals surface area contributed by atoms with E-state index in [1.165, 1.54) is 19.3 Å². The predicted molar refractivity (Wildman–Crippen MR) is 59.7 cm³/mol. The lowest BCUT2D eigenvalue weighted by Crippen LogP contribution is -2.46.